The van der Waals surface area contributed by atoms with E-state index in [1.807, 2.05) is 0 Å². The van der Waals surface area contributed by atoms with Crippen LogP contribution in [-0.2, 0) is 14.3 Å². The van der Waals surface area contributed by atoms with Gasteiger partial charge in [-0.15, -0.1) is 0 Å². The van der Waals surface area contributed by atoms with Crippen molar-refractivity contribution in [3.05, 3.63) is 0 Å². The lowest BCUT2D eigenvalue weighted by Gasteiger charge is -2.01. The van der Waals surface area contributed by atoms with Crippen molar-refractivity contribution in [2.45, 2.75) is 13.3 Å². The fourth-order valence-corrected chi connectivity index (χ4v) is 1.23. The quantitative estimate of drug-likeness (QED) is 0.228. The Kier molecular flexibility index (Phi) is 6.47. The van der Waals surface area contributed by atoms with E-state index in [-0.39, 0.29) is 22.5 Å². The summed E-state index contributed by atoms with van der Waals surface area (Å²) in [5.74, 6) is 4.37. The van der Waals surface area contributed by atoms with Gasteiger partial charge in [-0.3, -0.25) is 9.59 Å². The standard InChI is InChI=1S/C6H10N2O3S2/c1-2-11-4(9)3-5(10)13-6(12)8-7/h2-3,7H2,1H3,(H,8,12). The van der Waals surface area contributed by atoms with Gasteiger partial charge in [-0.25, -0.2) is 5.84 Å². The molecule has 0 aromatic heterocycles. The number of carbonyl (C=O) groups excluding carboxylic acids is 2. The highest BCUT2D eigenvalue weighted by Gasteiger charge is 2.12. The smallest absolute Gasteiger partial charge is 0.314 e. The van der Waals surface area contributed by atoms with Crippen LogP contribution in [0.4, 0.5) is 0 Å². The summed E-state index contributed by atoms with van der Waals surface area (Å²) < 4.78 is 4.69. The maximum absolute atomic E-state index is 11.0. The molecule has 74 valence electrons. The molecular formula is C6H10N2O3S2. The van der Waals surface area contributed by atoms with Gasteiger partial charge in [0.25, 0.3) is 0 Å². The van der Waals surface area contributed by atoms with Crippen LogP contribution in [-0.4, -0.2) is 22.0 Å². The van der Waals surface area contributed by atoms with Crippen molar-refractivity contribution in [2.24, 2.45) is 5.84 Å². The predicted octanol–water partition coefficient (Wildman–Crippen LogP) is -0.0524. The minimum absolute atomic E-state index is 0.134. The Bertz CT molecular complexity index is 220. The van der Waals surface area contributed by atoms with Crippen LogP contribution in [0.15, 0.2) is 0 Å². The predicted molar refractivity (Wildman–Crippen MR) is 53.8 cm³/mol. The second kappa shape index (κ2) is 6.81. The Morgan fingerprint density at radius 1 is 1.62 bits per heavy atom. The van der Waals surface area contributed by atoms with Gasteiger partial charge in [-0.1, -0.05) is 12.2 Å². The van der Waals surface area contributed by atoms with Crippen LogP contribution in [0.2, 0.25) is 0 Å². The SMILES string of the molecule is CCOC(=O)CC(=O)SC(=S)NN. The number of ether oxygens (including phenoxy) is 1. The van der Waals surface area contributed by atoms with Crippen LogP contribution in [0.25, 0.3) is 0 Å². The molecule has 0 radical (unpaired) electrons. The number of thioether (sulfide) groups is 1. The van der Waals surface area contributed by atoms with Crippen LogP contribution in [0.5, 0.6) is 0 Å². The Morgan fingerprint density at radius 2 is 2.23 bits per heavy atom. The topological polar surface area (TPSA) is 81.4 Å². The molecule has 7 heteroatoms. The fraction of sp³-hybridized carbons (Fsp3) is 0.500. The molecule has 0 heterocycles. The third-order valence-corrected chi connectivity index (χ3v) is 1.96. The van der Waals surface area contributed by atoms with Gasteiger partial charge in [0.15, 0.2) is 4.32 Å². The van der Waals surface area contributed by atoms with Crippen molar-refractivity contribution in [3.63, 3.8) is 0 Å². The van der Waals surface area contributed by atoms with E-state index in [4.69, 9.17) is 5.84 Å². The zero-order valence-electron chi connectivity index (χ0n) is 7.03. The Labute approximate surface area is 85.3 Å². The lowest BCUT2D eigenvalue weighted by atomic mass is 10.5. The van der Waals surface area contributed by atoms with Gasteiger partial charge in [0.05, 0.1) is 6.61 Å². The van der Waals surface area contributed by atoms with E-state index >= 15 is 0 Å². The molecule has 0 amide bonds. The summed E-state index contributed by atoms with van der Waals surface area (Å²) >= 11 is 5.31. The van der Waals surface area contributed by atoms with Gasteiger partial charge in [-0.05, 0) is 18.7 Å². The van der Waals surface area contributed by atoms with E-state index in [9.17, 15) is 9.59 Å². The number of thiocarbonyl (C=S) groups is 1. The third kappa shape index (κ3) is 6.50. The number of hydrazine groups is 1. The molecule has 0 unspecified atom stereocenters. The minimum atomic E-state index is -0.556. The Hall–Kier alpha value is -0.660. The summed E-state index contributed by atoms with van der Waals surface area (Å²) in [6.07, 6.45) is -0.291. The summed E-state index contributed by atoms with van der Waals surface area (Å²) in [7, 11) is 0. The van der Waals surface area contributed by atoms with Gasteiger partial charge in [0.2, 0.25) is 5.12 Å². The van der Waals surface area contributed by atoms with Crippen LogP contribution in [0.3, 0.4) is 0 Å². The number of nitrogens with two attached hydrogens (primary N) is 1. The highest BCUT2D eigenvalue weighted by Crippen LogP contribution is 2.06. The summed E-state index contributed by atoms with van der Waals surface area (Å²) in [5.41, 5.74) is 2.12. The van der Waals surface area contributed by atoms with Crippen molar-refractivity contribution in [1.82, 2.24) is 5.43 Å². The highest BCUT2D eigenvalue weighted by molar-refractivity contribution is 8.32. The van der Waals surface area contributed by atoms with Gasteiger partial charge >= 0.3 is 5.97 Å². The number of hydrogen-bond donors (Lipinski definition) is 2. The lowest BCUT2D eigenvalue weighted by molar-refractivity contribution is -0.144. The molecule has 0 aromatic carbocycles. The molecule has 0 aromatic rings. The first-order valence-electron chi connectivity index (χ1n) is 3.47. The summed E-state index contributed by atoms with van der Waals surface area (Å²) in [5, 5.41) is -0.388. The number of esters is 1. The third-order valence-electron chi connectivity index (χ3n) is 0.918. The summed E-state index contributed by atoms with van der Waals surface area (Å²) in [6.45, 7) is 1.93. The molecule has 13 heavy (non-hydrogen) atoms. The van der Waals surface area contributed by atoms with Gasteiger partial charge in [-0.2, -0.15) is 0 Å². The first-order chi connectivity index (χ1) is 6.10. The number of hydrogen-bond acceptors (Lipinski definition) is 6. The Balaban J connectivity index is 3.74. The average molecular weight is 222 g/mol. The molecule has 0 bridgehead atoms. The molecule has 0 atom stereocenters. The number of nitrogens with one attached hydrogen (secondary N) is 1. The Morgan fingerprint density at radius 3 is 2.69 bits per heavy atom. The van der Waals surface area contributed by atoms with Crippen LogP contribution in [0.1, 0.15) is 13.3 Å². The van der Waals surface area contributed by atoms with E-state index in [0.717, 1.165) is 0 Å². The first-order valence-corrected chi connectivity index (χ1v) is 4.69. The van der Waals surface area contributed by atoms with Crippen LogP contribution in [0, 0.1) is 0 Å². The van der Waals surface area contributed by atoms with E-state index in [1.54, 1.807) is 6.92 Å². The van der Waals surface area contributed by atoms with Crippen molar-refractivity contribution in [1.29, 1.82) is 0 Å². The molecule has 0 aliphatic heterocycles. The molecule has 3 N–H and O–H groups in total. The van der Waals surface area contributed by atoms with E-state index < -0.39 is 5.97 Å². The molecule has 5 nitrogen and oxygen atoms in total. The molecule has 0 saturated carbocycles. The normalized spacial score (nSPS) is 9.08. The molecule has 0 spiro atoms. The van der Waals surface area contributed by atoms with E-state index in [1.165, 1.54) is 0 Å². The van der Waals surface area contributed by atoms with Crippen LogP contribution < -0.4 is 11.3 Å². The molecule has 0 aliphatic rings. The molecular weight excluding hydrogens is 212 g/mol. The van der Waals surface area contributed by atoms with Gasteiger partial charge in [0, 0.05) is 0 Å². The second-order valence-electron chi connectivity index (χ2n) is 1.89. The number of rotatable bonds is 3. The maximum Gasteiger partial charge on any atom is 0.314 e. The van der Waals surface area contributed by atoms with E-state index in [2.05, 4.69) is 22.4 Å². The highest BCUT2D eigenvalue weighted by atomic mass is 32.2. The van der Waals surface area contributed by atoms with Crippen molar-refractivity contribution in [2.75, 3.05) is 6.61 Å². The van der Waals surface area contributed by atoms with Crippen molar-refractivity contribution in [3.8, 4) is 0 Å². The van der Waals surface area contributed by atoms with Gasteiger partial charge < -0.3 is 10.2 Å². The van der Waals surface area contributed by atoms with Gasteiger partial charge in [0.1, 0.15) is 6.42 Å². The van der Waals surface area contributed by atoms with Crippen LogP contribution >= 0.6 is 24.0 Å². The molecule has 0 aliphatic carbocycles. The fourth-order valence-electron chi connectivity index (χ4n) is 0.499. The van der Waals surface area contributed by atoms with E-state index in [0.29, 0.717) is 11.8 Å². The monoisotopic (exact) mass is 222 g/mol. The zero-order valence-corrected chi connectivity index (χ0v) is 8.67. The molecule has 0 saturated heterocycles. The zero-order chi connectivity index (χ0) is 10.3. The first kappa shape index (κ1) is 12.3. The average Bonchev–Trinajstić information content (AvgIpc) is 2.04. The maximum atomic E-state index is 11.0. The second-order valence-corrected chi connectivity index (χ2v) is 3.62. The minimum Gasteiger partial charge on any atom is -0.466 e. The summed E-state index contributed by atoms with van der Waals surface area (Å²) in [4.78, 5) is 21.7. The molecule has 0 rings (SSSR count). The van der Waals surface area contributed by atoms with Crippen molar-refractivity contribution < 1.29 is 14.3 Å². The molecule has 0 fully saturated rings. The number of carbonyl (C=O) groups is 2. The summed E-state index contributed by atoms with van der Waals surface area (Å²) in [6, 6.07) is 0. The lowest BCUT2D eigenvalue weighted by Crippen LogP contribution is -2.27. The largest absolute Gasteiger partial charge is 0.466 e. The van der Waals surface area contributed by atoms with Crippen molar-refractivity contribution >= 4 is 39.4 Å².